The zero-order valence-corrected chi connectivity index (χ0v) is 26.7. The number of allylic oxidation sites excluding steroid dienone is 2. The molecule has 1 atom stereocenters. The number of carbonyl (C=O) groups excluding carboxylic acids is 1. The Hall–Kier alpha value is -4.49. The van der Waals surface area contributed by atoms with Gasteiger partial charge in [-0.2, -0.15) is 0 Å². The molecular formula is C33H46FN7O2. The van der Waals surface area contributed by atoms with Gasteiger partial charge in [0.1, 0.15) is 17.2 Å². The molecule has 5 rings (SSSR count). The number of halogens is 1. The zero-order valence-electron chi connectivity index (χ0n) is 26.7. The number of aldehydes is 1. The lowest BCUT2D eigenvalue weighted by molar-refractivity contribution is 0.112. The van der Waals surface area contributed by atoms with Crippen LogP contribution in [0, 0.1) is 32.5 Å². The van der Waals surface area contributed by atoms with Crippen molar-refractivity contribution in [2.75, 3.05) is 25.0 Å². The molecule has 43 heavy (non-hydrogen) atoms. The standard InChI is InChI=1S/C12H17N5.C11H16N2O2.C6H5F.C2H6.C2H2/c1-9-7-14-11-3-4-12(15-17(9)11)16-6-5-10(8-16)13-2;1-8(2)5-6-13-11(15)10(7-14)9(3)12(13)4;7-6-4-2-1-3-5-6;2*1-2/h3-4,7,10,13H,5-6,8H2,1-2H3;5,7H,6H2,1-4H3;1-5H;1-2H3;1-2H/t10-;;;;/m0..../s1. The lowest BCUT2D eigenvalue weighted by Crippen LogP contribution is -2.30. The average molecular weight is 592 g/mol. The van der Waals surface area contributed by atoms with Gasteiger partial charge in [0, 0.05) is 31.9 Å². The first kappa shape index (κ1) is 36.5. The quantitative estimate of drug-likeness (QED) is 0.195. The highest BCUT2D eigenvalue weighted by Gasteiger charge is 2.22. The van der Waals surface area contributed by atoms with Gasteiger partial charge in [-0.3, -0.25) is 14.3 Å². The number of nitrogens with zero attached hydrogens (tertiary/aromatic N) is 6. The number of carbonyl (C=O) groups is 1. The van der Waals surface area contributed by atoms with E-state index >= 15 is 0 Å². The number of benzene rings is 1. The number of aryl methyl sites for hydroxylation is 1. The van der Waals surface area contributed by atoms with Crippen molar-refractivity contribution in [1.29, 1.82) is 0 Å². The number of fused-ring (bicyclic) bond motifs is 1. The molecule has 0 spiro atoms. The molecule has 4 heterocycles. The van der Waals surface area contributed by atoms with Crippen molar-refractivity contribution >= 4 is 17.8 Å². The average Bonchev–Trinajstić information content (AvgIpc) is 3.71. The third kappa shape index (κ3) is 10.4. The second kappa shape index (κ2) is 18.8. The lowest BCUT2D eigenvalue weighted by atomic mass is 10.3. The van der Waals surface area contributed by atoms with Crippen LogP contribution >= 0.6 is 0 Å². The smallest absolute Gasteiger partial charge is 0.277 e. The van der Waals surface area contributed by atoms with Gasteiger partial charge in [0.25, 0.3) is 5.56 Å². The molecule has 1 aliphatic rings. The summed E-state index contributed by atoms with van der Waals surface area (Å²) in [5, 5.41) is 7.96. The summed E-state index contributed by atoms with van der Waals surface area (Å²) < 4.78 is 17.1. The second-order valence-electron chi connectivity index (χ2n) is 9.69. The van der Waals surface area contributed by atoms with Crippen molar-refractivity contribution in [3.8, 4) is 12.8 Å². The van der Waals surface area contributed by atoms with Crippen LogP contribution in [-0.2, 0) is 13.6 Å². The fourth-order valence-corrected chi connectivity index (χ4v) is 4.16. The molecule has 0 saturated carbocycles. The van der Waals surface area contributed by atoms with Crippen LogP contribution in [0.2, 0.25) is 0 Å². The predicted molar refractivity (Wildman–Crippen MR) is 174 cm³/mol. The molecule has 9 nitrogen and oxygen atoms in total. The highest BCUT2D eigenvalue weighted by molar-refractivity contribution is 5.75. The van der Waals surface area contributed by atoms with Gasteiger partial charge in [0.05, 0.1) is 18.4 Å². The summed E-state index contributed by atoms with van der Waals surface area (Å²) >= 11 is 0. The van der Waals surface area contributed by atoms with Crippen LogP contribution in [-0.4, -0.2) is 56.4 Å². The molecule has 0 amide bonds. The number of likely N-dealkylation sites (N-methyl/N-ethyl adjacent to an activating group) is 1. The minimum absolute atomic E-state index is 0.178. The third-order valence-electron chi connectivity index (χ3n) is 6.66. The third-order valence-corrected chi connectivity index (χ3v) is 6.66. The molecule has 4 aromatic rings. The molecular weight excluding hydrogens is 545 g/mol. The van der Waals surface area contributed by atoms with Gasteiger partial charge in [-0.05, 0) is 65.4 Å². The number of hydrogen-bond acceptors (Lipinski definition) is 6. The van der Waals surface area contributed by atoms with E-state index in [0.717, 1.165) is 35.8 Å². The lowest BCUT2D eigenvalue weighted by Gasteiger charge is -2.17. The minimum atomic E-state index is -0.220. The van der Waals surface area contributed by atoms with Gasteiger partial charge in [-0.15, -0.1) is 17.9 Å². The maximum absolute atomic E-state index is 11.9. The summed E-state index contributed by atoms with van der Waals surface area (Å²) in [5.74, 6) is 0.860. The van der Waals surface area contributed by atoms with E-state index in [9.17, 15) is 14.0 Å². The van der Waals surface area contributed by atoms with Crippen molar-refractivity contribution in [3.05, 3.63) is 93.4 Å². The number of terminal acetylenes is 1. The molecule has 0 bridgehead atoms. The first-order chi connectivity index (χ1) is 20.7. The number of anilines is 1. The second-order valence-corrected chi connectivity index (χ2v) is 9.69. The van der Waals surface area contributed by atoms with Gasteiger partial charge >= 0.3 is 0 Å². The van der Waals surface area contributed by atoms with Gasteiger partial charge in [-0.1, -0.05) is 43.7 Å². The summed E-state index contributed by atoms with van der Waals surface area (Å²) in [4.78, 5) is 29.1. The zero-order chi connectivity index (χ0) is 32.5. The molecule has 232 valence electrons. The van der Waals surface area contributed by atoms with Gasteiger partial charge in [0.2, 0.25) is 0 Å². The fourth-order valence-electron chi connectivity index (χ4n) is 4.16. The molecule has 1 aliphatic heterocycles. The van der Waals surface area contributed by atoms with Gasteiger partial charge in [0.15, 0.2) is 11.9 Å². The Kier molecular flexibility index (Phi) is 16.0. The maximum Gasteiger partial charge on any atom is 0.277 e. The summed E-state index contributed by atoms with van der Waals surface area (Å²) in [6.45, 7) is 14.3. The van der Waals surface area contributed by atoms with E-state index < -0.39 is 0 Å². The van der Waals surface area contributed by atoms with E-state index in [1.807, 2.05) is 64.5 Å². The highest BCUT2D eigenvalue weighted by atomic mass is 19.1. The van der Waals surface area contributed by atoms with Crippen LogP contribution in [0.15, 0.2) is 65.1 Å². The van der Waals surface area contributed by atoms with Crippen molar-refractivity contribution in [1.82, 2.24) is 29.3 Å². The Morgan fingerprint density at radius 1 is 1.12 bits per heavy atom. The number of hydrogen-bond donors (Lipinski definition) is 1. The molecule has 0 radical (unpaired) electrons. The first-order valence-corrected chi connectivity index (χ1v) is 14.3. The van der Waals surface area contributed by atoms with Crippen molar-refractivity contribution in [2.45, 2.75) is 60.5 Å². The van der Waals surface area contributed by atoms with E-state index in [0.29, 0.717) is 24.6 Å². The Labute approximate surface area is 255 Å². The summed E-state index contributed by atoms with van der Waals surface area (Å²) in [7, 11) is 3.80. The summed E-state index contributed by atoms with van der Waals surface area (Å²) in [6.07, 6.45) is 13.6. The summed E-state index contributed by atoms with van der Waals surface area (Å²) in [5.41, 5.74) is 3.87. The number of aromatic nitrogens is 5. The molecule has 3 aromatic heterocycles. The van der Waals surface area contributed by atoms with Crippen LogP contribution < -0.4 is 15.8 Å². The van der Waals surface area contributed by atoms with Crippen LogP contribution in [0.4, 0.5) is 10.2 Å². The molecule has 10 heteroatoms. The van der Waals surface area contributed by atoms with Gasteiger partial charge in [-0.25, -0.2) is 18.6 Å². The Morgan fingerprint density at radius 3 is 2.26 bits per heavy atom. The van der Waals surface area contributed by atoms with Crippen LogP contribution in [0.3, 0.4) is 0 Å². The van der Waals surface area contributed by atoms with Crippen molar-refractivity contribution in [2.24, 2.45) is 7.05 Å². The van der Waals surface area contributed by atoms with Crippen molar-refractivity contribution < 1.29 is 9.18 Å². The topological polar surface area (TPSA) is 89.5 Å². The van der Waals surface area contributed by atoms with E-state index in [-0.39, 0.29) is 16.9 Å². The molecule has 1 aromatic carbocycles. The molecule has 0 aliphatic carbocycles. The Morgan fingerprint density at radius 2 is 1.77 bits per heavy atom. The van der Waals surface area contributed by atoms with Crippen LogP contribution in [0.25, 0.3) is 5.65 Å². The van der Waals surface area contributed by atoms with E-state index in [4.69, 9.17) is 0 Å². The molecule has 1 fully saturated rings. The number of imidazole rings is 1. The largest absolute Gasteiger partial charge is 0.354 e. The number of nitrogens with one attached hydrogen (secondary N) is 1. The Bertz CT molecular complexity index is 1510. The Balaban J connectivity index is 0.000000325. The maximum atomic E-state index is 11.9. The predicted octanol–water partition coefficient (Wildman–Crippen LogP) is 5.21. The monoisotopic (exact) mass is 591 g/mol. The normalized spacial score (nSPS) is 13.2. The van der Waals surface area contributed by atoms with E-state index in [1.54, 1.807) is 41.5 Å². The van der Waals surface area contributed by atoms with Crippen molar-refractivity contribution in [3.63, 3.8) is 0 Å². The molecule has 1 saturated heterocycles. The van der Waals surface area contributed by atoms with Crippen LogP contribution in [0.5, 0.6) is 0 Å². The van der Waals surface area contributed by atoms with E-state index in [2.05, 4.69) is 39.2 Å². The summed E-state index contributed by atoms with van der Waals surface area (Å²) in [6, 6.07) is 12.6. The van der Waals surface area contributed by atoms with E-state index in [1.165, 1.54) is 18.6 Å². The molecule has 1 N–H and O–H groups in total. The minimum Gasteiger partial charge on any atom is -0.354 e. The highest BCUT2D eigenvalue weighted by Crippen LogP contribution is 2.18. The fraction of sp³-hybridized carbons (Fsp3) is 0.394. The number of rotatable bonds is 5. The van der Waals surface area contributed by atoms with Crippen LogP contribution in [0.1, 0.15) is 55.9 Å². The van der Waals surface area contributed by atoms with Gasteiger partial charge < -0.3 is 10.2 Å². The SMILES string of the molecule is C#C.CC.CC(C)=CCn1c(=O)c(C=O)c(C)n1C.CN[C@H]1CCN(c2ccc3ncc(C)n3n2)C1.Fc1ccccc1. The molecule has 0 unspecified atom stereocenters. The first-order valence-electron chi connectivity index (χ1n) is 14.3.